The van der Waals surface area contributed by atoms with Gasteiger partial charge in [-0.1, -0.05) is 48.5 Å². The predicted octanol–water partition coefficient (Wildman–Crippen LogP) is 10.0. The number of hydrogen-bond donors (Lipinski definition) is 1. The van der Waals surface area contributed by atoms with Crippen molar-refractivity contribution in [2.24, 2.45) is 0 Å². The Labute approximate surface area is 243 Å². The van der Waals surface area contributed by atoms with Crippen molar-refractivity contribution in [3.63, 3.8) is 0 Å². The van der Waals surface area contributed by atoms with Crippen LogP contribution in [0.2, 0.25) is 0 Å². The molecule has 4 aromatic rings. The summed E-state index contributed by atoms with van der Waals surface area (Å²) in [6.07, 6.45) is 1.49. The molecule has 6 heteroatoms. The molecule has 1 aliphatic rings. The molecule has 0 spiro atoms. The minimum Gasteiger partial charge on any atom is -0.508 e. The van der Waals surface area contributed by atoms with Crippen LogP contribution in [0.4, 0.5) is 13.2 Å². The number of phenols is 1. The van der Waals surface area contributed by atoms with E-state index in [4.69, 9.17) is 4.74 Å². The zero-order chi connectivity index (χ0) is 28.7. The summed E-state index contributed by atoms with van der Waals surface area (Å²) in [4.78, 5) is 0.855. The molecule has 0 radical (unpaired) electrons. The molecule has 0 bridgehead atoms. The third-order valence-corrected chi connectivity index (χ3v) is 8.40. The van der Waals surface area contributed by atoms with E-state index in [1.54, 1.807) is 17.8 Å². The first-order valence-corrected chi connectivity index (χ1v) is 15.0. The molecule has 5 rings (SSSR count). The minimum absolute atomic E-state index is 0.299. The maximum atomic E-state index is 12.7. The van der Waals surface area contributed by atoms with Crippen molar-refractivity contribution in [2.45, 2.75) is 49.6 Å². The number of ether oxygens (including phenoxy) is 1. The van der Waals surface area contributed by atoms with Gasteiger partial charge in [0.15, 0.2) is 0 Å². The van der Waals surface area contributed by atoms with Crippen molar-refractivity contribution in [3.8, 4) is 11.5 Å². The van der Waals surface area contributed by atoms with Crippen LogP contribution in [0.5, 0.6) is 11.5 Å². The van der Waals surface area contributed by atoms with E-state index in [1.165, 1.54) is 40.0 Å². The summed E-state index contributed by atoms with van der Waals surface area (Å²) in [5, 5.41) is 10.1. The summed E-state index contributed by atoms with van der Waals surface area (Å²) in [5.41, 5.74) is 6.61. The molecule has 0 saturated heterocycles. The molecule has 0 aromatic heterocycles. The molecule has 0 fully saturated rings. The van der Waals surface area contributed by atoms with Gasteiger partial charge < -0.3 is 9.84 Å². The van der Waals surface area contributed by atoms with E-state index in [2.05, 4.69) is 36.4 Å². The highest BCUT2D eigenvalue weighted by Gasteiger charge is 2.29. The van der Waals surface area contributed by atoms with Gasteiger partial charge in [0.1, 0.15) is 11.5 Å². The fourth-order valence-corrected chi connectivity index (χ4v) is 6.16. The minimum atomic E-state index is -4.29. The van der Waals surface area contributed by atoms with Gasteiger partial charge >= 0.3 is 6.18 Å². The molecular formula is C35H33F3O2S. The summed E-state index contributed by atoms with van der Waals surface area (Å²) in [5.74, 6) is 1.99. The molecule has 41 heavy (non-hydrogen) atoms. The molecule has 0 unspecified atom stereocenters. The average molecular weight is 575 g/mol. The number of aromatic hydroxyl groups is 1. The molecule has 1 N–H and O–H groups in total. The van der Waals surface area contributed by atoms with Crippen LogP contribution >= 0.6 is 11.8 Å². The quantitative estimate of drug-likeness (QED) is 0.151. The van der Waals surface area contributed by atoms with E-state index < -0.39 is 11.7 Å². The number of thioether (sulfide) groups is 1. The Kier molecular flexibility index (Phi) is 9.40. The van der Waals surface area contributed by atoms with Crippen molar-refractivity contribution in [1.82, 2.24) is 0 Å². The van der Waals surface area contributed by atoms with Gasteiger partial charge in [0.2, 0.25) is 0 Å². The number of halogens is 3. The Morgan fingerprint density at radius 3 is 2.24 bits per heavy atom. The second kappa shape index (κ2) is 13.3. The first-order chi connectivity index (χ1) is 19.9. The number of benzene rings is 4. The molecule has 2 nitrogen and oxygen atoms in total. The first-order valence-electron chi connectivity index (χ1n) is 14.0. The van der Waals surface area contributed by atoms with Gasteiger partial charge in [-0.15, -0.1) is 11.8 Å². The maximum absolute atomic E-state index is 12.7. The molecule has 4 aromatic carbocycles. The second-order valence-electron chi connectivity index (χ2n) is 10.2. The number of allylic oxidation sites excluding steroid dienone is 1. The lowest BCUT2D eigenvalue weighted by molar-refractivity contribution is -0.137. The lowest BCUT2D eigenvalue weighted by Gasteiger charge is -2.17. The number of rotatable bonds is 10. The van der Waals surface area contributed by atoms with E-state index in [0.29, 0.717) is 12.4 Å². The molecule has 0 amide bonds. The van der Waals surface area contributed by atoms with Crippen molar-refractivity contribution in [1.29, 1.82) is 0 Å². The molecule has 0 atom stereocenters. The van der Waals surface area contributed by atoms with E-state index in [1.807, 2.05) is 30.3 Å². The summed E-state index contributed by atoms with van der Waals surface area (Å²) in [6.45, 7) is 0.615. The van der Waals surface area contributed by atoms with Crippen LogP contribution in [0.3, 0.4) is 0 Å². The van der Waals surface area contributed by atoms with Gasteiger partial charge in [0, 0.05) is 4.90 Å². The van der Waals surface area contributed by atoms with Gasteiger partial charge in [-0.3, -0.25) is 0 Å². The Morgan fingerprint density at radius 1 is 0.756 bits per heavy atom. The number of hydrogen-bond acceptors (Lipinski definition) is 3. The normalized spacial score (nSPS) is 13.5. The van der Waals surface area contributed by atoms with Crippen LogP contribution in [0.15, 0.2) is 102 Å². The monoisotopic (exact) mass is 574 g/mol. The smallest absolute Gasteiger partial charge is 0.416 e. The highest BCUT2D eigenvalue weighted by Crippen LogP contribution is 2.41. The fourth-order valence-electron chi connectivity index (χ4n) is 5.25. The van der Waals surface area contributed by atoms with Gasteiger partial charge in [0.05, 0.1) is 12.2 Å². The summed E-state index contributed by atoms with van der Waals surface area (Å²) in [6, 6.07) is 29.9. The van der Waals surface area contributed by atoms with E-state index in [-0.39, 0.29) is 0 Å². The van der Waals surface area contributed by atoms with Crippen molar-refractivity contribution >= 4 is 22.9 Å². The fraction of sp³-hybridized carbons (Fsp3) is 0.257. The summed E-state index contributed by atoms with van der Waals surface area (Å²) in [7, 11) is 0. The predicted molar refractivity (Wildman–Crippen MR) is 161 cm³/mol. The Balaban J connectivity index is 1.17. The van der Waals surface area contributed by atoms with Crippen LogP contribution < -0.4 is 4.74 Å². The van der Waals surface area contributed by atoms with Gasteiger partial charge in [-0.25, -0.2) is 0 Å². The summed E-state index contributed by atoms with van der Waals surface area (Å²) < 4.78 is 44.1. The van der Waals surface area contributed by atoms with E-state index in [9.17, 15) is 18.3 Å². The van der Waals surface area contributed by atoms with Crippen molar-refractivity contribution < 1.29 is 23.0 Å². The first kappa shape index (κ1) is 28.9. The molecule has 1 aliphatic carbocycles. The van der Waals surface area contributed by atoms with Crippen LogP contribution in [0.1, 0.15) is 59.9 Å². The molecule has 0 aliphatic heterocycles. The van der Waals surface area contributed by atoms with E-state index >= 15 is 0 Å². The van der Waals surface area contributed by atoms with Crippen LogP contribution in [0, 0.1) is 0 Å². The number of unbranched alkanes of at least 4 members (excludes halogenated alkanes) is 2. The number of aryl methyl sites for hydroxylation is 1. The van der Waals surface area contributed by atoms with Gasteiger partial charge in [-0.05, 0) is 126 Å². The van der Waals surface area contributed by atoms with Gasteiger partial charge in [-0.2, -0.15) is 13.2 Å². The lowest BCUT2D eigenvalue weighted by Crippen LogP contribution is -2.03. The lowest BCUT2D eigenvalue weighted by atomic mass is 9.88. The standard InChI is InChI=1S/C35H33F3O2S/c36-35(37,38)28-14-19-31(20-15-28)41-23-6-2-5-22-40-30-17-12-26(13-18-30)34-32(25-8-3-1-4-9-25)11-7-10-27-24-29(39)16-21-33(27)34/h1,3-4,8-9,12-21,24,39H,2,5-7,10-11,22-23H2. The zero-order valence-corrected chi connectivity index (χ0v) is 23.6. The summed E-state index contributed by atoms with van der Waals surface area (Å²) >= 11 is 1.58. The highest BCUT2D eigenvalue weighted by molar-refractivity contribution is 7.99. The molecule has 0 saturated carbocycles. The Hall–Kier alpha value is -3.64. The number of fused-ring (bicyclic) bond motifs is 1. The van der Waals surface area contributed by atoms with Crippen LogP contribution in [-0.4, -0.2) is 17.5 Å². The number of alkyl halides is 3. The third-order valence-electron chi connectivity index (χ3n) is 7.31. The van der Waals surface area contributed by atoms with Crippen molar-refractivity contribution in [3.05, 3.63) is 125 Å². The van der Waals surface area contributed by atoms with E-state index in [0.717, 1.165) is 72.6 Å². The molecular weight excluding hydrogens is 541 g/mol. The Bertz CT molecular complexity index is 1460. The zero-order valence-electron chi connectivity index (χ0n) is 22.8. The molecule has 212 valence electrons. The number of phenolic OH excluding ortho intramolecular Hbond substituents is 1. The highest BCUT2D eigenvalue weighted by atomic mass is 32.2. The van der Waals surface area contributed by atoms with Gasteiger partial charge in [0.25, 0.3) is 0 Å². The molecule has 0 heterocycles. The van der Waals surface area contributed by atoms with Crippen LogP contribution in [0.25, 0.3) is 11.1 Å². The second-order valence-corrected chi connectivity index (χ2v) is 11.4. The largest absolute Gasteiger partial charge is 0.508 e. The average Bonchev–Trinajstić information content (AvgIpc) is 3.16. The topological polar surface area (TPSA) is 29.5 Å². The van der Waals surface area contributed by atoms with Crippen LogP contribution in [-0.2, 0) is 12.6 Å². The Morgan fingerprint density at radius 2 is 1.51 bits per heavy atom. The third kappa shape index (κ3) is 7.56. The SMILES string of the molecule is Oc1ccc2c(c1)CCCC(c1ccccc1)=C2c1ccc(OCCCCCSc2ccc(C(F)(F)F)cc2)cc1. The maximum Gasteiger partial charge on any atom is 0.416 e. The van der Waals surface area contributed by atoms with Crippen molar-refractivity contribution in [2.75, 3.05) is 12.4 Å².